The van der Waals surface area contributed by atoms with Crippen LogP contribution < -0.4 is 5.32 Å². The molecule has 1 fully saturated rings. The first-order chi connectivity index (χ1) is 6.37. The summed E-state index contributed by atoms with van der Waals surface area (Å²) < 4.78 is 5.23. The van der Waals surface area contributed by atoms with Crippen LogP contribution in [0.4, 0.5) is 0 Å². The van der Waals surface area contributed by atoms with Gasteiger partial charge in [0.2, 0.25) is 0 Å². The fourth-order valence-corrected chi connectivity index (χ4v) is 1.34. The molecule has 0 heterocycles. The maximum Gasteiger partial charge on any atom is 0.307 e. The summed E-state index contributed by atoms with van der Waals surface area (Å²) in [6.07, 6.45) is 2.96. The normalized spacial score (nSPS) is 19.1. The van der Waals surface area contributed by atoms with Gasteiger partial charge in [-0.2, -0.15) is 0 Å². The van der Waals surface area contributed by atoms with E-state index in [0.29, 0.717) is 12.5 Å². The average Bonchev–Trinajstić information content (AvgIpc) is 2.64. The van der Waals surface area contributed by atoms with Crippen LogP contribution in [0.2, 0.25) is 0 Å². The SMILES string of the molecule is CC(CC(=O)OC(C)(C)C)NC1CC1. The van der Waals surface area contributed by atoms with Gasteiger partial charge in [0.05, 0.1) is 6.42 Å². The standard InChI is InChI=1S/C11H21NO2/c1-8(12-9-5-6-9)7-10(13)14-11(2,3)4/h8-9,12H,5-7H2,1-4H3. The molecule has 0 saturated heterocycles. The third-order valence-electron chi connectivity index (χ3n) is 1.99. The fraction of sp³-hybridized carbons (Fsp3) is 0.909. The molecule has 0 aromatic rings. The first kappa shape index (κ1) is 11.5. The van der Waals surface area contributed by atoms with Gasteiger partial charge in [0.25, 0.3) is 0 Å². The van der Waals surface area contributed by atoms with Crippen molar-refractivity contribution in [3.05, 3.63) is 0 Å². The first-order valence-electron chi connectivity index (χ1n) is 5.35. The summed E-state index contributed by atoms with van der Waals surface area (Å²) in [6, 6.07) is 0.879. The molecule has 0 aromatic heterocycles. The van der Waals surface area contributed by atoms with Gasteiger partial charge in [-0.05, 0) is 40.5 Å². The Morgan fingerprint density at radius 1 is 1.50 bits per heavy atom. The Morgan fingerprint density at radius 3 is 2.50 bits per heavy atom. The van der Waals surface area contributed by atoms with Crippen molar-refractivity contribution in [2.45, 2.75) is 64.6 Å². The zero-order valence-corrected chi connectivity index (χ0v) is 9.59. The molecule has 0 spiro atoms. The Balaban J connectivity index is 2.18. The van der Waals surface area contributed by atoms with E-state index in [-0.39, 0.29) is 17.6 Å². The molecular weight excluding hydrogens is 178 g/mol. The minimum atomic E-state index is -0.365. The predicted octanol–water partition coefficient (Wildman–Crippen LogP) is 1.86. The van der Waals surface area contributed by atoms with Gasteiger partial charge >= 0.3 is 5.97 Å². The van der Waals surface area contributed by atoms with Gasteiger partial charge in [-0.1, -0.05) is 0 Å². The van der Waals surface area contributed by atoms with E-state index in [0.717, 1.165) is 0 Å². The highest BCUT2D eigenvalue weighted by atomic mass is 16.6. The van der Waals surface area contributed by atoms with Crippen molar-refractivity contribution in [3.63, 3.8) is 0 Å². The van der Waals surface area contributed by atoms with Crippen molar-refractivity contribution >= 4 is 5.97 Å². The molecule has 1 N–H and O–H groups in total. The second-order valence-electron chi connectivity index (χ2n) is 5.13. The number of rotatable bonds is 4. The minimum absolute atomic E-state index is 0.113. The van der Waals surface area contributed by atoms with Crippen molar-refractivity contribution in [2.24, 2.45) is 0 Å². The van der Waals surface area contributed by atoms with Gasteiger partial charge < -0.3 is 10.1 Å². The Bertz CT molecular complexity index is 204. The highest BCUT2D eigenvalue weighted by Gasteiger charge is 2.25. The molecule has 3 heteroatoms. The number of esters is 1. The van der Waals surface area contributed by atoms with E-state index in [9.17, 15) is 4.79 Å². The van der Waals surface area contributed by atoms with E-state index in [1.165, 1.54) is 12.8 Å². The lowest BCUT2D eigenvalue weighted by Crippen LogP contribution is -2.33. The van der Waals surface area contributed by atoms with Crippen molar-refractivity contribution in [3.8, 4) is 0 Å². The summed E-state index contributed by atoms with van der Waals surface area (Å²) in [6.45, 7) is 7.71. The van der Waals surface area contributed by atoms with Crippen LogP contribution in [0.5, 0.6) is 0 Å². The molecule has 0 radical (unpaired) electrons. The minimum Gasteiger partial charge on any atom is -0.460 e. The van der Waals surface area contributed by atoms with Gasteiger partial charge in [-0.15, -0.1) is 0 Å². The molecule has 0 aromatic carbocycles. The lowest BCUT2D eigenvalue weighted by molar-refractivity contribution is -0.155. The van der Waals surface area contributed by atoms with Crippen molar-refractivity contribution in [1.82, 2.24) is 5.32 Å². The molecular formula is C11H21NO2. The largest absolute Gasteiger partial charge is 0.460 e. The van der Waals surface area contributed by atoms with E-state index < -0.39 is 0 Å². The van der Waals surface area contributed by atoms with Gasteiger partial charge in [0.15, 0.2) is 0 Å². The maximum absolute atomic E-state index is 11.4. The highest BCUT2D eigenvalue weighted by Crippen LogP contribution is 2.20. The number of carbonyl (C=O) groups excluding carboxylic acids is 1. The number of ether oxygens (including phenoxy) is 1. The topological polar surface area (TPSA) is 38.3 Å². The molecule has 0 amide bonds. The first-order valence-corrected chi connectivity index (χ1v) is 5.35. The summed E-state index contributed by atoms with van der Waals surface area (Å²) >= 11 is 0. The molecule has 1 rings (SSSR count). The molecule has 1 aliphatic carbocycles. The number of hydrogen-bond acceptors (Lipinski definition) is 3. The highest BCUT2D eigenvalue weighted by molar-refractivity contribution is 5.70. The Labute approximate surface area is 86.2 Å². The number of hydrogen-bond donors (Lipinski definition) is 1. The van der Waals surface area contributed by atoms with Crippen molar-refractivity contribution < 1.29 is 9.53 Å². The van der Waals surface area contributed by atoms with Crippen LogP contribution in [0.3, 0.4) is 0 Å². The molecule has 14 heavy (non-hydrogen) atoms. The second kappa shape index (κ2) is 4.30. The molecule has 1 atom stereocenters. The average molecular weight is 199 g/mol. The smallest absolute Gasteiger partial charge is 0.307 e. The van der Waals surface area contributed by atoms with Crippen LogP contribution in [0.1, 0.15) is 47.0 Å². The van der Waals surface area contributed by atoms with E-state index in [4.69, 9.17) is 4.74 Å². The Morgan fingerprint density at radius 2 is 2.07 bits per heavy atom. The third-order valence-corrected chi connectivity index (χ3v) is 1.99. The summed E-state index contributed by atoms with van der Waals surface area (Å²) in [5, 5.41) is 3.37. The van der Waals surface area contributed by atoms with Crippen molar-refractivity contribution in [1.29, 1.82) is 0 Å². The van der Waals surface area contributed by atoms with Crippen LogP contribution in [0, 0.1) is 0 Å². The maximum atomic E-state index is 11.4. The van der Waals surface area contributed by atoms with Gasteiger partial charge in [0, 0.05) is 12.1 Å². The van der Waals surface area contributed by atoms with Gasteiger partial charge in [-0.25, -0.2) is 0 Å². The Kier molecular flexibility index (Phi) is 3.53. The molecule has 1 aliphatic rings. The fourth-order valence-electron chi connectivity index (χ4n) is 1.34. The zero-order chi connectivity index (χ0) is 10.8. The van der Waals surface area contributed by atoms with Crippen molar-refractivity contribution in [2.75, 3.05) is 0 Å². The van der Waals surface area contributed by atoms with Crippen LogP contribution in [-0.4, -0.2) is 23.7 Å². The Hall–Kier alpha value is -0.570. The van der Waals surface area contributed by atoms with E-state index in [2.05, 4.69) is 5.32 Å². The van der Waals surface area contributed by atoms with E-state index in [1.54, 1.807) is 0 Å². The van der Waals surface area contributed by atoms with Crippen LogP contribution in [-0.2, 0) is 9.53 Å². The summed E-state index contributed by atoms with van der Waals surface area (Å²) in [7, 11) is 0. The van der Waals surface area contributed by atoms with Crippen LogP contribution in [0.15, 0.2) is 0 Å². The lowest BCUT2D eigenvalue weighted by atomic mass is 10.2. The van der Waals surface area contributed by atoms with Crippen LogP contribution in [0.25, 0.3) is 0 Å². The van der Waals surface area contributed by atoms with E-state index >= 15 is 0 Å². The van der Waals surface area contributed by atoms with Gasteiger partial charge in [0.1, 0.15) is 5.60 Å². The summed E-state index contributed by atoms with van der Waals surface area (Å²) in [5.74, 6) is -0.113. The van der Waals surface area contributed by atoms with Gasteiger partial charge in [-0.3, -0.25) is 4.79 Å². The number of carbonyl (C=O) groups is 1. The zero-order valence-electron chi connectivity index (χ0n) is 9.59. The summed E-state index contributed by atoms with van der Waals surface area (Å²) in [5.41, 5.74) is -0.365. The quantitative estimate of drug-likeness (QED) is 0.702. The predicted molar refractivity (Wildman–Crippen MR) is 56.1 cm³/mol. The van der Waals surface area contributed by atoms with E-state index in [1.807, 2.05) is 27.7 Å². The molecule has 1 saturated carbocycles. The second-order valence-corrected chi connectivity index (χ2v) is 5.13. The lowest BCUT2D eigenvalue weighted by Gasteiger charge is -2.21. The molecule has 82 valence electrons. The van der Waals surface area contributed by atoms with Crippen LogP contribution >= 0.6 is 0 Å². The molecule has 0 aliphatic heterocycles. The molecule has 3 nitrogen and oxygen atoms in total. The third kappa shape index (κ3) is 5.22. The number of nitrogens with one attached hydrogen (secondary N) is 1. The monoisotopic (exact) mass is 199 g/mol. The molecule has 0 bridgehead atoms. The molecule has 1 unspecified atom stereocenters. The summed E-state index contributed by atoms with van der Waals surface area (Å²) in [4.78, 5) is 11.4.